The Morgan fingerprint density at radius 1 is 0.467 bits per heavy atom. The van der Waals surface area contributed by atoms with E-state index >= 15 is 0 Å². The Morgan fingerprint density at radius 2 is 1.02 bits per heavy atom. The minimum atomic E-state index is 0.926. The average molecular weight is 765 g/mol. The van der Waals surface area contributed by atoms with Crippen LogP contribution in [0.4, 0.5) is 0 Å². The number of rotatable bonds is 6. The van der Waals surface area contributed by atoms with Crippen LogP contribution in [0, 0.1) is 0 Å². The first kappa shape index (κ1) is 34.4. The fourth-order valence-corrected chi connectivity index (χ4v) is 10.0. The predicted molar refractivity (Wildman–Crippen MR) is 257 cm³/mol. The summed E-state index contributed by atoms with van der Waals surface area (Å²) >= 11 is 0. The zero-order valence-corrected chi connectivity index (χ0v) is 33.2. The van der Waals surface area contributed by atoms with Crippen molar-refractivity contribution in [2.24, 2.45) is 0 Å². The van der Waals surface area contributed by atoms with Gasteiger partial charge >= 0.3 is 0 Å². The van der Waals surface area contributed by atoms with Gasteiger partial charge in [0, 0.05) is 38.8 Å². The molecule has 0 N–H and O–H groups in total. The normalized spacial score (nSPS) is 12.8. The summed E-state index contributed by atoms with van der Waals surface area (Å²) in [5.74, 6) is 0. The summed E-state index contributed by atoms with van der Waals surface area (Å²) in [6, 6.07) is 66.9. The molecule has 0 saturated carbocycles. The van der Waals surface area contributed by atoms with Crippen LogP contribution in [-0.2, 0) is 6.42 Å². The fraction of sp³-hybridized carbons (Fsp3) is 0.0345. The van der Waals surface area contributed by atoms with Gasteiger partial charge in [-0.15, -0.1) is 0 Å². The van der Waals surface area contributed by atoms with E-state index in [0.29, 0.717) is 0 Å². The summed E-state index contributed by atoms with van der Waals surface area (Å²) in [5, 5.41) is 11.5. The van der Waals surface area contributed by atoms with E-state index in [1.54, 1.807) is 0 Å². The maximum atomic E-state index is 4.25. The summed E-state index contributed by atoms with van der Waals surface area (Å²) in [4.78, 5) is 0. The number of nitrogens with zero attached hydrogens (tertiary/aromatic N) is 2. The highest BCUT2D eigenvalue weighted by Gasteiger charge is 2.24. The van der Waals surface area contributed by atoms with Crippen molar-refractivity contribution in [3.63, 3.8) is 0 Å². The SMILES string of the molecule is C=CC(=C)c1ccc2c(c1)c1c3ccccc3ccc1n2-c1ccc(-c2ccc(-n3c4c(c5c6ccccc6ccc53)C=C(c3cccc5ccccc35)CC4)cc2)cc1. The van der Waals surface area contributed by atoms with Gasteiger partial charge in [-0.25, -0.2) is 0 Å². The van der Waals surface area contributed by atoms with E-state index < -0.39 is 0 Å². The molecule has 9 aromatic carbocycles. The maximum Gasteiger partial charge on any atom is 0.0547 e. The number of aromatic nitrogens is 2. The first-order valence-corrected chi connectivity index (χ1v) is 20.9. The summed E-state index contributed by atoms with van der Waals surface area (Å²) in [6.07, 6.45) is 6.28. The van der Waals surface area contributed by atoms with Crippen molar-refractivity contribution in [2.45, 2.75) is 12.8 Å². The molecule has 0 radical (unpaired) electrons. The second-order valence-electron chi connectivity index (χ2n) is 16.1. The van der Waals surface area contributed by atoms with Crippen molar-refractivity contribution in [1.82, 2.24) is 9.13 Å². The van der Waals surface area contributed by atoms with Crippen molar-refractivity contribution in [3.8, 4) is 22.5 Å². The van der Waals surface area contributed by atoms with Crippen LogP contribution in [0.5, 0.6) is 0 Å². The fourth-order valence-electron chi connectivity index (χ4n) is 10.0. The molecule has 282 valence electrons. The summed E-state index contributed by atoms with van der Waals surface area (Å²) in [6.45, 7) is 8.24. The van der Waals surface area contributed by atoms with E-state index in [9.17, 15) is 0 Å². The molecule has 2 aromatic heterocycles. The van der Waals surface area contributed by atoms with E-state index in [-0.39, 0.29) is 0 Å². The summed E-state index contributed by atoms with van der Waals surface area (Å²) in [5.41, 5.74) is 15.8. The number of hydrogen-bond donors (Lipinski definition) is 0. The predicted octanol–water partition coefficient (Wildman–Crippen LogP) is 15.5. The minimum Gasteiger partial charge on any atom is -0.313 e. The highest BCUT2D eigenvalue weighted by molar-refractivity contribution is 6.22. The zero-order chi connectivity index (χ0) is 39.9. The molecule has 0 amide bonds. The Labute approximate surface area is 348 Å². The third-order valence-corrected chi connectivity index (χ3v) is 12.9. The van der Waals surface area contributed by atoms with Gasteiger partial charge in [-0.3, -0.25) is 0 Å². The molecular weight excluding hydrogens is 725 g/mol. The molecule has 60 heavy (non-hydrogen) atoms. The van der Waals surface area contributed by atoms with E-state index in [1.165, 1.54) is 104 Å². The Kier molecular flexibility index (Phi) is 7.70. The number of benzene rings is 9. The molecule has 0 atom stereocenters. The lowest BCUT2D eigenvalue weighted by Crippen LogP contribution is -2.05. The molecule has 0 spiro atoms. The smallest absolute Gasteiger partial charge is 0.0547 e. The summed E-state index contributed by atoms with van der Waals surface area (Å²) < 4.78 is 4.91. The lowest BCUT2D eigenvalue weighted by atomic mass is 9.88. The molecule has 2 nitrogen and oxygen atoms in total. The molecule has 0 saturated heterocycles. The topological polar surface area (TPSA) is 9.86 Å². The number of hydrogen-bond acceptors (Lipinski definition) is 0. The standard InChI is InChI=1S/C58H40N2/c1-3-37(2)43-25-31-53-51(35-43)57-49-16-8-5-12-41(49)23-33-55(57)59(53)45-27-19-38(20-28-45)39-21-29-46(30-22-39)60-54-32-26-44(48-18-10-14-40-11-4-7-15-47(40)48)36-52(54)58-50-17-9-6-13-42(50)24-34-56(58)60/h3-25,27-31,33-36H,1-2,26,32H2. The Balaban J connectivity index is 0.949. The molecule has 0 bridgehead atoms. The van der Waals surface area contributed by atoms with Crippen LogP contribution in [0.3, 0.4) is 0 Å². The molecular formula is C58H40N2. The van der Waals surface area contributed by atoms with E-state index in [2.05, 4.69) is 210 Å². The van der Waals surface area contributed by atoms with Gasteiger partial charge in [0.15, 0.2) is 0 Å². The van der Waals surface area contributed by atoms with Crippen LogP contribution < -0.4 is 0 Å². The zero-order valence-electron chi connectivity index (χ0n) is 33.2. The first-order chi connectivity index (χ1) is 29.6. The largest absolute Gasteiger partial charge is 0.313 e. The van der Waals surface area contributed by atoms with Crippen molar-refractivity contribution in [3.05, 3.63) is 224 Å². The number of allylic oxidation sites excluding steroid dienone is 3. The second-order valence-corrected chi connectivity index (χ2v) is 16.1. The molecule has 11 aromatic rings. The van der Waals surface area contributed by atoms with Crippen molar-refractivity contribution >= 4 is 82.2 Å². The highest BCUT2D eigenvalue weighted by Crippen LogP contribution is 2.43. The van der Waals surface area contributed by atoms with Gasteiger partial charge < -0.3 is 9.13 Å². The van der Waals surface area contributed by atoms with Crippen LogP contribution in [-0.4, -0.2) is 9.13 Å². The molecule has 0 unspecified atom stereocenters. The Hall–Kier alpha value is -7.68. The molecule has 2 heterocycles. The highest BCUT2D eigenvalue weighted by atomic mass is 15.0. The second kappa shape index (κ2) is 13.4. The van der Waals surface area contributed by atoms with Crippen molar-refractivity contribution in [2.75, 3.05) is 0 Å². The monoisotopic (exact) mass is 764 g/mol. The first-order valence-electron chi connectivity index (χ1n) is 20.9. The van der Waals surface area contributed by atoms with Crippen LogP contribution in [0.1, 0.15) is 28.8 Å². The average Bonchev–Trinajstić information content (AvgIpc) is 3.84. The van der Waals surface area contributed by atoms with Crippen molar-refractivity contribution in [1.29, 1.82) is 0 Å². The van der Waals surface area contributed by atoms with Gasteiger partial charge in [0.1, 0.15) is 0 Å². The third kappa shape index (κ3) is 5.21. The molecule has 1 aliphatic rings. The molecule has 12 rings (SSSR count). The van der Waals surface area contributed by atoms with Gasteiger partial charge in [0.05, 0.1) is 16.6 Å². The molecule has 0 aliphatic heterocycles. The minimum absolute atomic E-state index is 0.926. The molecule has 1 aliphatic carbocycles. The van der Waals surface area contributed by atoms with E-state index in [1.807, 2.05) is 6.08 Å². The lowest BCUT2D eigenvalue weighted by Gasteiger charge is -2.19. The van der Waals surface area contributed by atoms with Crippen LogP contribution in [0.2, 0.25) is 0 Å². The Morgan fingerprint density at radius 3 is 1.68 bits per heavy atom. The molecule has 2 heteroatoms. The maximum absolute atomic E-state index is 4.25. The quantitative estimate of drug-likeness (QED) is 0.149. The summed E-state index contributed by atoms with van der Waals surface area (Å²) in [7, 11) is 0. The van der Waals surface area contributed by atoms with Gasteiger partial charge in [0.2, 0.25) is 0 Å². The van der Waals surface area contributed by atoms with Crippen molar-refractivity contribution < 1.29 is 0 Å². The van der Waals surface area contributed by atoms with Gasteiger partial charge in [-0.05, 0) is 133 Å². The van der Waals surface area contributed by atoms with Gasteiger partial charge in [-0.2, -0.15) is 0 Å². The lowest BCUT2D eigenvalue weighted by molar-refractivity contribution is 0.898. The van der Waals surface area contributed by atoms with E-state index in [0.717, 1.165) is 29.7 Å². The van der Waals surface area contributed by atoms with Crippen LogP contribution in [0.15, 0.2) is 201 Å². The van der Waals surface area contributed by atoms with Gasteiger partial charge in [0.25, 0.3) is 0 Å². The van der Waals surface area contributed by atoms with Gasteiger partial charge in [-0.1, -0.05) is 153 Å². The molecule has 0 fully saturated rings. The number of fused-ring (bicyclic) bond motifs is 11. The Bertz CT molecular complexity index is 3600. The van der Waals surface area contributed by atoms with Crippen LogP contribution in [0.25, 0.3) is 105 Å². The third-order valence-electron chi connectivity index (χ3n) is 12.9. The van der Waals surface area contributed by atoms with E-state index in [4.69, 9.17) is 0 Å². The van der Waals surface area contributed by atoms with Crippen LogP contribution >= 0.6 is 0 Å².